The fraction of sp³-hybridized carbons (Fsp3) is 0.151. The van der Waals surface area contributed by atoms with Gasteiger partial charge in [0.1, 0.15) is 0 Å². The van der Waals surface area contributed by atoms with E-state index in [4.69, 9.17) is 0 Å². The maximum atomic E-state index is 4.29. The second-order valence-electron chi connectivity index (χ2n) is 21.8. The van der Waals surface area contributed by atoms with Crippen molar-refractivity contribution in [1.82, 2.24) is 0 Å². The Bertz CT molecular complexity index is 4190. The lowest BCUT2D eigenvalue weighted by Gasteiger charge is -2.35. The lowest BCUT2D eigenvalue weighted by Crippen LogP contribution is -2.29. The SMILES string of the molecule is C=CC1=C(CCC)C(C)(C)c2cc(-c3c4ccccc4c(-c4cccc(-c5ccc6c7c(ccc6c5)-c5c(c6c(c8ccccc58)CCC=C6)C75C6=C(CCC=C6)c6ccccc65)c4)c4ccccc34)ccc21. The Kier molecular flexibility index (Phi) is 9.17. The molecule has 5 aliphatic rings. The van der Waals surface area contributed by atoms with Crippen molar-refractivity contribution in [2.24, 2.45) is 0 Å². The third kappa shape index (κ3) is 5.67. The molecule has 0 nitrogen and oxygen atoms in total. The van der Waals surface area contributed by atoms with Gasteiger partial charge < -0.3 is 0 Å². The Balaban J connectivity index is 0.915. The van der Waals surface area contributed by atoms with Crippen LogP contribution in [0.1, 0.15) is 97.4 Å². The number of hydrogen-bond donors (Lipinski definition) is 0. The predicted molar refractivity (Wildman–Crippen MR) is 312 cm³/mol. The number of allylic oxidation sites excluding steroid dienone is 8. The third-order valence-electron chi connectivity index (χ3n) is 18.0. The highest BCUT2D eigenvalue weighted by Crippen LogP contribution is 2.67. The van der Waals surface area contributed by atoms with Gasteiger partial charge in [0.15, 0.2) is 0 Å². The molecule has 0 heteroatoms. The Hall–Kier alpha value is -8.06. The van der Waals surface area contributed by atoms with E-state index >= 15 is 0 Å². The first kappa shape index (κ1) is 42.6. The van der Waals surface area contributed by atoms with Crippen molar-refractivity contribution < 1.29 is 0 Å². The highest BCUT2D eigenvalue weighted by molar-refractivity contribution is 6.22. The summed E-state index contributed by atoms with van der Waals surface area (Å²) < 4.78 is 0. The number of rotatable bonds is 6. The van der Waals surface area contributed by atoms with Crippen LogP contribution in [0.4, 0.5) is 0 Å². The van der Waals surface area contributed by atoms with Gasteiger partial charge in [-0.25, -0.2) is 0 Å². The van der Waals surface area contributed by atoms with E-state index in [1.165, 1.54) is 154 Å². The second kappa shape index (κ2) is 15.7. The van der Waals surface area contributed by atoms with Crippen molar-refractivity contribution in [1.29, 1.82) is 0 Å². The van der Waals surface area contributed by atoms with E-state index in [2.05, 4.69) is 228 Å². The van der Waals surface area contributed by atoms with Crippen molar-refractivity contribution in [2.45, 2.75) is 70.1 Å². The fourth-order valence-corrected chi connectivity index (χ4v) is 15.0. The summed E-state index contributed by atoms with van der Waals surface area (Å²) in [6.07, 6.45) is 18.4. The molecule has 15 rings (SSSR count). The normalized spacial score (nSPS) is 17.7. The van der Waals surface area contributed by atoms with E-state index < -0.39 is 5.41 Å². The van der Waals surface area contributed by atoms with Crippen molar-refractivity contribution >= 4 is 60.3 Å². The molecule has 5 aliphatic carbocycles. The molecule has 10 aromatic carbocycles. The van der Waals surface area contributed by atoms with Gasteiger partial charge in [0.05, 0.1) is 5.41 Å². The Morgan fingerprint density at radius 1 is 0.493 bits per heavy atom. The predicted octanol–water partition coefficient (Wildman–Crippen LogP) is 19.7. The monoisotopic (exact) mass is 932 g/mol. The van der Waals surface area contributed by atoms with Gasteiger partial charge in [0, 0.05) is 5.41 Å². The maximum Gasteiger partial charge on any atom is 0.0734 e. The van der Waals surface area contributed by atoms with Crippen LogP contribution in [0, 0.1) is 0 Å². The molecule has 0 N–H and O–H groups in total. The first-order valence-electron chi connectivity index (χ1n) is 26.8. The van der Waals surface area contributed by atoms with Gasteiger partial charge in [0.2, 0.25) is 0 Å². The summed E-state index contributed by atoms with van der Waals surface area (Å²) in [5.41, 5.74) is 27.2. The zero-order chi connectivity index (χ0) is 48.7. The smallest absolute Gasteiger partial charge is 0.0734 e. The van der Waals surface area contributed by atoms with Gasteiger partial charge in [-0.15, -0.1) is 0 Å². The molecule has 0 aromatic heterocycles. The zero-order valence-electron chi connectivity index (χ0n) is 42.0. The van der Waals surface area contributed by atoms with Crippen molar-refractivity contribution in [3.8, 4) is 44.5 Å². The van der Waals surface area contributed by atoms with E-state index in [0.717, 1.165) is 38.5 Å². The van der Waals surface area contributed by atoms with Gasteiger partial charge in [-0.1, -0.05) is 221 Å². The lowest BCUT2D eigenvalue weighted by atomic mass is 9.65. The minimum Gasteiger partial charge on any atom is -0.0984 e. The molecular formula is C73H56. The summed E-state index contributed by atoms with van der Waals surface area (Å²) in [7, 11) is 0. The van der Waals surface area contributed by atoms with Gasteiger partial charge in [-0.3, -0.25) is 0 Å². The highest BCUT2D eigenvalue weighted by Gasteiger charge is 2.55. The summed E-state index contributed by atoms with van der Waals surface area (Å²) in [5, 5.41) is 10.5. The van der Waals surface area contributed by atoms with Gasteiger partial charge in [-0.2, -0.15) is 0 Å². The van der Waals surface area contributed by atoms with Crippen LogP contribution in [-0.4, -0.2) is 0 Å². The molecule has 1 spiro atoms. The molecule has 0 radical (unpaired) electrons. The van der Waals surface area contributed by atoms with E-state index in [1.54, 1.807) is 0 Å². The number of fused-ring (bicyclic) bond motifs is 19. The maximum absolute atomic E-state index is 4.29. The molecule has 0 saturated carbocycles. The number of benzene rings is 10. The molecule has 1 unspecified atom stereocenters. The minimum atomic E-state index is -0.419. The number of hydrogen-bond acceptors (Lipinski definition) is 0. The van der Waals surface area contributed by atoms with Gasteiger partial charge >= 0.3 is 0 Å². The summed E-state index contributed by atoms with van der Waals surface area (Å²) in [5.74, 6) is 0. The molecular weight excluding hydrogens is 877 g/mol. The molecule has 10 aromatic rings. The largest absolute Gasteiger partial charge is 0.0984 e. The van der Waals surface area contributed by atoms with Crippen molar-refractivity contribution in [2.75, 3.05) is 0 Å². The van der Waals surface area contributed by atoms with Gasteiger partial charge in [-0.05, 0) is 199 Å². The van der Waals surface area contributed by atoms with Crippen LogP contribution in [0.2, 0.25) is 0 Å². The summed E-state index contributed by atoms with van der Waals surface area (Å²) >= 11 is 0. The van der Waals surface area contributed by atoms with E-state index in [-0.39, 0.29) is 5.41 Å². The van der Waals surface area contributed by atoms with Crippen molar-refractivity contribution in [3.63, 3.8) is 0 Å². The molecule has 0 amide bonds. The average molecular weight is 933 g/mol. The van der Waals surface area contributed by atoms with Crippen LogP contribution in [0.25, 0.3) is 105 Å². The third-order valence-corrected chi connectivity index (χ3v) is 18.0. The topological polar surface area (TPSA) is 0 Å². The molecule has 0 heterocycles. The standard InChI is InChI=1S/C73H56/c1-5-20-63-49(6-2)55-39-37-48(43-66(55)72(63,3)4)68-59-30-12-10-28-57(59)67(58-29-11-13-31-60(58)68)47-22-19-21-44(42-47)45-35-38-50-46(41-45)36-40-62-69-56-27-9-7-23-51(56)52-24-8-14-32-61(52)71(69)73(70(50)62)64-33-17-15-25-53(64)54-26-16-18-34-65(54)73/h6-7,9-15,17-19,21-23,25,27-43H,2,5,8,16,20,24,26H2,1,3-4H3. The molecule has 0 bridgehead atoms. The Labute approximate surface area is 429 Å². The summed E-state index contributed by atoms with van der Waals surface area (Å²) in [6, 6.07) is 65.7. The second-order valence-corrected chi connectivity index (χ2v) is 21.8. The number of aryl methyl sites for hydroxylation is 1. The van der Waals surface area contributed by atoms with Crippen LogP contribution >= 0.6 is 0 Å². The summed E-state index contributed by atoms with van der Waals surface area (Å²) in [6.45, 7) is 11.4. The lowest BCUT2D eigenvalue weighted by molar-refractivity contribution is 0.603. The van der Waals surface area contributed by atoms with Crippen LogP contribution in [0.3, 0.4) is 0 Å². The van der Waals surface area contributed by atoms with E-state index in [0.29, 0.717) is 0 Å². The Morgan fingerprint density at radius 2 is 1.11 bits per heavy atom. The summed E-state index contributed by atoms with van der Waals surface area (Å²) in [4.78, 5) is 0. The highest BCUT2D eigenvalue weighted by atomic mass is 14.6. The van der Waals surface area contributed by atoms with Gasteiger partial charge in [0.25, 0.3) is 0 Å². The molecule has 348 valence electrons. The first-order valence-corrected chi connectivity index (χ1v) is 26.8. The zero-order valence-corrected chi connectivity index (χ0v) is 42.0. The van der Waals surface area contributed by atoms with Crippen LogP contribution in [0.15, 0.2) is 212 Å². The quantitative estimate of drug-likeness (QED) is 0.146. The van der Waals surface area contributed by atoms with E-state index in [1.807, 2.05) is 0 Å². The Morgan fingerprint density at radius 3 is 1.85 bits per heavy atom. The van der Waals surface area contributed by atoms with Crippen molar-refractivity contribution in [3.05, 3.63) is 256 Å². The van der Waals surface area contributed by atoms with Crippen LogP contribution in [0.5, 0.6) is 0 Å². The minimum absolute atomic E-state index is 0.0617. The van der Waals surface area contributed by atoms with E-state index in [9.17, 15) is 0 Å². The average Bonchev–Trinajstić information content (AvgIpc) is 4.17. The molecule has 73 heavy (non-hydrogen) atoms. The molecule has 0 saturated heterocycles. The fourth-order valence-electron chi connectivity index (χ4n) is 15.0. The van der Waals surface area contributed by atoms with Crippen LogP contribution < -0.4 is 0 Å². The molecule has 0 fully saturated rings. The molecule has 0 aliphatic heterocycles. The molecule has 1 atom stereocenters. The van der Waals surface area contributed by atoms with Crippen LogP contribution in [-0.2, 0) is 17.3 Å². The first-order chi connectivity index (χ1) is 35.9.